The van der Waals surface area contributed by atoms with Gasteiger partial charge in [-0.3, -0.25) is 0 Å². The molecule has 0 bridgehead atoms. The van der Waals surface area contributed by atoms with Gasteiger partial charge in [-0.05, 0) is 112 Å². The summed E-state index contributed by atoms with van der Waals surface area (Å²) >= 11 is 0. The molecule has 0 nitrogen and oxygen atoms in total. The fourth-order valence-electron chi connectivity index (χ4n) is 5.71. The first-order chi connectivity index (χ1) is 15.1. The minimum Gasteiger partial charge on any atom is -0.206 e. The molecule has 0 aliphatic heterocycles. The molecule has 0 heterocycles. The van der Waals surface area contributed by atoms with Gasteiger partial charge in [0.1, 0.15) is 5.82 Å². The van der Waals surface area contributed by atoms with Crippen LogP contribution in [0.15, 0.2) is 54.6 Å². The lowest BCUT2D eigenvalue weighted by atomic mass is 9.63. The van der Waals surface area contributed by atoms with Crippen molar-refractivity contribution >= 4 is 0 Å². The van der Waals surface area contributed by atoms with Crippen molar-refractivity contribution in [3.8, 4) is 11.8 Å². The maximum Gasteiger partial charge on any atom is 0.139 e. The van der Waals surface area contributed by atoms with Crippen LogP contribution < -0.4 is 0 Å². The van der Waals surface area contributed by atoms with E-state index in [4.69, 9.17) is 0 Å². The van der Waals surface area contributed by atoms with E-state index in [1.807, 2.05) is 30.3 Å². The predicted molar refractivity (Wildman–Crippen MR) is 129 cm³/mol. The standard InChI is InChI=1S/C30H35F/c1-3-4-5-6-24-12-14-27-20-28(18-17-26(27)19-24)29-16-15-25(30(31)21-29)13-11-23-9-7-22(2)8-10-23/h3-4,7-10,15-16,21,24,26-28H,5-6,12,14,17-20H2,1-2H3/b4-3+. The molecule has 1 heteroatoms. The Labute approximate surface area is 188 Å². The highest BCUT2D eigenvalue weighted by atomic mass is 19.1. The maximum atomic E-state index is 14.8. The Kier molecular flexibility index (Phi) is 7.29. The molecule has 2 aromatic carbocycles. The van der Waals surface area contributed by atoms with Gasteiger partial charge >= 0.3 is 0 Å². The van der Waals surface area contributed by atoms with Crippen molar-refractivity contribution in [3.63, 3.8) is 0 Å². The van der Waals surface area contributed by atoms with E-state index >= 15 is 0 Å². The average molecular weight is 415 g/mol. The quantitative estimate of drug-likeness (QED) is 0.349. The summed E-state index contributed by atoms with van der Waals surface area (Å²) in [4.78, 5) is 0. The summed E-state index contributed by atoms with van der Waals surface area (Å²) in [5.74, 6) is 9.09. The molecule has 4 atom stereocenters. The van der Waals surface area contributed by atoms with Gasteiger partial charge in [0.25, 0.3) is 0 Å². The Balaban J connectivity index is 1.37. The number of aryl methyl sites for hydroxylation is 1. The molecular formula is C30H35F. The van der Waals surface area contributed by atoms with Gasteiger partial charge < -0.3 is 0 Å². The van der Waals surface area contributed by atoms with Crippen molar-refractivity contribution in [1.29, 1.82) is 0 Å². The van der Waals surface area contributed by atoms with Gasteiger partial charge in [-0.2, -0.15) is 0 Å². The monoisotopic (exact) mass is 414 g/mol. The Morgan fingerprint density at radius 2 is 1.71 bits per heavy atom. The van der Waals surface area contributed by atoms with Crippen LogP contribution in [0.2, 0.25) is 0 Å². The van der Waals surface area contributed by atoms with Crippen LogP contribution in [0.4, 0.5) is 4.39 Å². The van der Waals surface area contributed by atoms with Gasteiger partial charge in [0.15, 0.2) is 0 Å². The van der Waals surface area contributed by atoms with Gasteiger partial charge in [0, 0.05) is 5.56 Å². The largest absolute Gasteiger partial charge is 0.206 e. The SMILES string of the molecule is C/C=C/CCC1CCC2CC(c3ccc(C#Cc4ccc(C)cc4)c(F)c3)CCC2C1. The van der Waals surface area contributed by atoms with Gasteiger partial charge in [-0.15, -0.1) is 0 Å². The molecule has 0 spiro atoms. The highest BCUT2D eigenvalue weighted by Gasteiger charge is 2.35. The number of benzene rings is 2. The van der Waals surface area contributed by atoms with E-state index in [0.29, 0.717) is 11.5 Å². The van der Waals surface area contributed by atoms with Crippen LogP contribution in [-0.4, -0.2) is 0 Å². The van der Waals surface area contributed by atoms with Crippen LogP contribution in [0, 0.1) is 42.3 Å². The first-order valence-electron chi connectivity index (χ1n) is 12.1. The molecule has 2 aliphatic carbocycles. The fraction of sp³-hybridized carbons (Fsp3) is 0.467. The van der Waals surface area contributed by atoms with Crippen molar-refractivity contribution in [2.75, 3.05) is 0 Å². The van der Waals surface area contributed by atoms with E-state index in [0.717, 1.165) is 23.3 Å². The zero-order valence-corrected chi connectivity index (χ0v) is 19.0. The molecule has 2 aliphatic rings. The lowest BCUT2D eigenvalue weighted by molar-refractivity contribution is 0.115. The number of hydrogen-bond acceptors (Lipinski definition) is 0. The Morgan fingerprint density at radius 3 is 2.48 bits per heavy atom. The Bertz CT molecular complexity index is 956. The van der Waals surface area contributed by atoms with Gasteiger partial charge in [-0.25, -0.2) is 4.39 Å². The van der Waals surface area contributed by atoms with Crippen LogP contribution in [0.1, 0.15) is 86.5 Å². The number of allylic oxidation sites excluding steroid dienone is 2. The molecule has 0 aromatic heterocycles. The molecule has 31 heavy (non-hydrogen) atoms. The van der Waals surface area contributed by atoms with Gasteiger partial charge in [0.05, 0.1) is 5.56 Å². The summed E-state index contributed by atoms with van der Waals surface area (Å²) in [6.07, 6.45) is 15.0. The fourth-order valence-corrected chi connectivity index (χ4v) is 5.71. The van der Waals surface area contributed by atoms with E-state index in [1.165, 1.54) is 62.5 Å². The lowest BCUT2D eigenvalue weighted by Gasteiger charge is -2.42. The molecule has 0 radical (unpaired) electrons. The van der Waals surface area contributed by atoms with Crippen LogP contribution >= 0.6 is 0 Å². The van der Waals surface area contributed by atoms with Crippen LogP contribution in [-0.2, 0) is 0 Å². The normalized spacial score (nSPS) is 25.6. The Hall–Kier alpha value is -2.33. The third kappa shape index (κ3) is 5.68. The molecule has 162 valence electrons. The van der Waals surface area contributed by atoms with Gasteiger partial charge in [0.2, 0.25) is 0 Å². The van der Waals surface area contributed by atoms with Crippen molar-refractivity contribution < 1.29 is 4.39 Å². The zero-order valence-electron chi connectivity index (χ0n) is 19.0. The second-order valence-corrected chi connectivity index (χ2v) is 9.71. The number of rotatable bonds is 4. The molecule has 0 saturated heterocycles. The van der Waals surface area contributed by atoms with Crippen LogP contribution in [0.25, 0.3) is 0 Å². The predicted octanol–water partition coefficient (Wildman–Crippen LogP) is 8.19. The molecule has 4 rings (SSSR count). The van der Waals surface area contributed by atoms with Crippen molar-refractivity contribution in [3.05, 3.63) is 82.7 Å². The van der Waals surface area contributed by atoms with Crippen molar-refractivity contribution in [1.82, 2.24) is 0 Å². The summed E-state index contributed by atoms with van der Waals surface area (Å²) in [5, 5.41) is 0. The second-order valence-electron chi connectivity index (χ2n) is 9.71. The molecule has 0 N–H and O–H groups in total. The zero-order chi connectivity index (χ0) is 21.6. The second kappa shape index (κ2) is 10.3. The summed E-state index contributed by atoms with van der Waals surface area (Å²) in [6, 6.07) is 13.8. The molecule has 2 saturated carbocycles. The first kappa shape index (κ1) is 21.9. The molecule has 4 unspecified atom stereocenters. The third-order valence-electron chi connectivity index (χ3n) is 7.56. The van der Waals surface area contributed by atoms with Gasteiger partial charge in [-0.1, -0.05) is 54.2 Å². The van der Waals surface area contributed by atoms with E-state index in [-0.39, 0.29) is 5.82 Å². The van der Waals surface area contributed by atoms with Crippen molar-refractivity contribution in [2.45, 2.75) is 71.1 Å². The minimum atomic E-state index is -0.174. The molecular weight excluding hydrogens is 379 g/mol. The highest BCUT2D eigenvalue weighted by molar-refractivity contribution is 5.45. The Morgan fingerprint density at radius 1 is 0.935 bits per heavy atom. The topological polar surface area (TPSA) is 0 Å². The molecule has 2 fully saturated rings. The minimum absolute atomic E-state index is 0.174. The van der Waals surface area contributed by atoms with E-state index in [9.17, 15) is 4.39 Å². The smallest absolute Gasteiger partial charge is 0.139 e. The van der Waals surface area contributed by atoms with Crippen molar-refractivity contribution in [2.24, 2.45) is 17.8 Å². The highest BCUT2D eigenvalue weighted by Crippen LogP contribution is 2.48. The van der Waals surface area contributed by atoms with Crippen LogP contribution in [0.3, 0.4) is 0 Å². The lowest BCUT2D eigenvalue weighted by Crippen LogP contribution is -2.30. The summed E-state index contributed by atoms with van der Waals surface area (Å²) in [5.41, 5.74) is 3.80. The van der Waals surface area contributed by atoms with E-state index in [1.54, 1.807) is 6.07 Å². The number of halogens is 1. The first-order valence-corrected chi connectivity index (χ1v) is 12.1. The molecule has 2 aromatic rings. The van der Waals surface area contributed by atoms with E-state index in [2.05, 4.69) is 43.9 Å². The molecule has 0 amide bonds. The summed E-state index contributed by atoms with van der Waals surface area (Å²) < 4.78 is 14.8. The van der Waals surface area contributed by atoms with E-state index < -0.39 is 0 Å². The number of fused-ring (bicyclic) bond motifs is 1. The average Bonchev–Trinajstić information content (AvgIpc) is 2.79. The maximum absolute atomic E-state index is 14.8. The third-order valence-corrected chi connectivity index (χ3v) is 7.56. The summed E-state index contributed by atoms with van der Waals surface area (Å²) in [7, 11) is 0. The van der Waals surface area contributed by atoms with Crippen LogP contribution in [0.5, 0.6) is 0 Å². The number of hydrogen-bond donors (Lipinski definition) is 0. The summed E-state index contributed by atoms with van der Waals surface area (Å²) in [6.45, 7) is 4.17.